The smallest absolute Gasteiger partial charge is 0.285 e. The van der Waals surface area contributed by atoms with Crippen molar-refractivity contribution >= 4 is 27.5 Å². The van der Waals surface area contributed by atoms with Gasteiger partial charge in [-0.25, -0.2) is 0 Å². The van der Waals surface area contributed by atoms with Crippen molar-refractivity contribution in [1.82, 2.24) is 5.32 Å². The van der Waals surface area contributed by atoms with Gasteiger partial charge in [0.25, 0.3) is 11.6 Å². The molecule has 0 aliphatic heterocycles. The first kappa shape index (κ1) is 13.6. The number of benzene rings is 1. The zero-order chi connectivity index (χ0) is 12.8. The summed E-state index contributed by atoms with van der Waals surface area (Å²) in [5, 5.41) is 14.3. The van der Waals surface area contributed by atoms with Crippen molar-refractivity contribution in [2.45, 2.75) is 13.3 Å². The van der Waals surface area contributed by atoms with Crippen LogP contribution in [0, 0.1) is 17.0 Å². The van der Waals surface area contributed by atoms with Gasteiger partial charge in [-0.1, -0.05) is 28.1 Å². The summed E-state index contributed by atoms with van der Waals surface area (Å²) in [5.41, 5.74) is 0.483. The van der Waals surface area contributed by atoms with E-state index in [0.29, 0.717) is 12.1 Å². The summed E-state index contributed by atoms with van der Waals surface area (Å²) in [7, 11) is 0. The van der Waals surface area contributed by atoms with Crippen molar-refractivity contribution < 1.29 is 9.72 Å². The normalized spacial score (nSPS) is 10.0. The van der Waals surface area contributed by atoms with Crippen LogP contribution < -0.4 is 5.32 Å². The third-order valence-electron chi connectivity index (χ3n) is 2.26. The molecule has 5 nitrogen and oxygen atoms in total. The Labute approximate surface area is 107 Å². The van der Waals surface area contributed by atoms with E-state index in [2.05, 4.69) is 21.2 Å². The molecular formula is C11H13BrN2O3. The molecule has 0 aliphatic rings. The van der Waals surface area contributed by atoms with Gasteiger partial charge in [0.05, 0.1) is 4.92 Å². The molecule has 0 saturated carbocycles. The van der Waals surface area contributed by atoms with E-state index < -0.39 is 10.8 Å². The third kappa shape index (κ3) is 3.52. The lowest BCUT2D eigenvalue weighted by atomic mass is 10.1. The van der Waals surface area contributed by atoms with Crippen LogP contribution in [0.15, 0.2) is 18.2 Å². The molecule has 92 valence electrons. The number of carbonyl (C=O) groups is 1. The minimum Gasteiger partial charge on any atom is -0.352 e. The predicted molar refractivity (Wildman–Crippen MR) is 68.6 cm³/mol. The Morgan fingerprint density at radius 1 is 1.53 bits per heavy atom. The lowest BCUT2D eigenvalue weighted by Gasteiger charge is -2.06. The first-order valence-electron chi connectivity index (χ1n) is 5.16. The summed E-state index contributed by atoms with van der Waals surface area (Å²) >= 11 is 3.25. The molecule has 17 heavy (non-hydrogen) atoms. The molecule has 0 saturated heterocycles. The maximum absolute atomic E-state index is 11.8. The Morgan fingerprint density at radius 3 is 2.82 bits per heavy atom. The van der Waals surface area contributed by atoms with Crippen molar-refractivity contribution in [1.29, 1.82) is 0 Å². The molecule has 0 bridgehead atoms. The Bertz CT molecular complexity index is 435. The fourth-order valence-corrected chi connectivity index (χ4v) is 1.73. The van der Waals surface area contributed by atoms with Crippen LogP contribution in [0.1, 0.15) is 22.3 Å². The van der Waals surface area contributed by atoms with Crippen LogP contribution in [-0.2, 0) is 0 Å². The Morgan fingerprint density at radius 2 is 2.24 bits per heavy atom. The Kier molecular flexibility index (Phi) is 5.09. The Hall–Kier alpha value is -1.43. The zero-order valence-corrected chi connectivity index (χ0v) is 11.0. The summed E-state index contributed by atoms with van der Waals surface area (Å²) in [6.45, 7) is 2.11. The molecule has 0 radical (unpaired) electrons. The number of amides is 1. The van der Waals surface area contributed by atoms with Gasteiger partial charge in [0.2, 0.25) is 0 Å². The summed E-state index contributed by atoms with van der Waals surface area (Å²) < 4.78 is 0. The van der Waals surface area contributed by atoms with Gasteiger partial charge in [-0.05, 0) is 19.4 Å². The number of nitrogens with zero attached hydrogens (tertiary/aromatic N) is 1. The quantitative estimate of drug-likeness (QED) is 0.393. The molecular weight excluding hydrogens is 288 g/mol. The molecule has 0 unspecified atom stereocenters. The highest BCUT2D eigenvalue weighted by Crippen LogP contribution is 2.22. The molecule has 1 rings (SSSR count). The van der Waals surface area contributed by atoms with Crippen molar-refractivity contribution in [2.24, 2.45) is 0 Å². The van der Waals surface area contributed by atoms with E-state index in [1.807, 2.05) is 0 Å². The number of nitro groups is 1. The number of nitro benzene ring substituents is 1. The maximum Gasteiger partial charge on any atom is 0.285 e. The van der Waals surface area contributed by atoms with Crippen LogP contribution in [0.5, 0.6) is 0 Å². The highest BCUT2D eigenvalue weighted by Gasteiger charge is 2.21. The average molecular weight is 301 g/mol. The van der Waals surface area contributed by atoms with Crippen LogP contribution in [0.3, 0.4) is 0 Å². The van der Waals surface area contributed by atoms with Crippen LogP contribution in [0.25, 0.3) is 0 Å². The van der Waals surface area contributed by atoms with E-state index >= 15 is 0 Å². The number of hydrogen-bond donors (Lipinski definition) is 1. The van der Waals surface area contributed by atoms with E-state index in [0.717, 1.165) is 11.8 Å². The van der Waals surface area contributed by atoms with Crippen molar-refractivity contribution in [3.63, 3.8) is 0 Å². The minimum atomic E-state index is -0.519. The van der Waals surface area contributed by atoms with Gasteiger partial charge in [-0.2, -0.15) is 0 Å². The van der Waals surface area contributed by atoms with Crippen LogP contribution >= 0.6 is 15.9 Å². The van der Waals surface area contributed by atoms with Gasteiger partial charge in [0.15, 0.2) is 0 Å². The Balaban J connectivity index is 2.93. The molecule has 0 aromatic heterocycles. The topological polar surface area (TPSA) is 72.2 Å². The molecule has 0 fully saturated rings. The molecule has 0 heterocycles. The molecule has 1 aromatic rings. The van der Waals surface area contributed by atoms with Crippen LogP contribution in [0.4, 0.5) is 5.69 Å². The van der Waals surface area contributed by atoms with Crippen molar-refractivity contribution in [3.05, 3.63) is 39.4 Å². The molecule has 0 atom stereocenters. The lowest BCUT2D eigenvalue weighted by molar-refractivity contribution is -0.385. The van der Waals surface area contributed by atoms with Gasteiger partial charge in [0, 0.05) is 17.4 Å². The second kappa shape index (κ2) is 6.34. The largest absolute Gasteiger partial charge is 0.352 e. The second-order valence-electron chi connectivity index (χ2n) is 3.53. The number of nitrogens with one attached hydrogen (secondary N) is 1. The number of carbonyl (C=O) groups excluding carboxylic acids is 1. The van der Waals surface area contributed by atoms with E-state index in [1.54, 1.807) is 19.1 Å². The third-order valence-corrected chi connectivity index (χ3v) is 2.82. The SMILES string of the molecule is Cc1cccc(C(=O)NCCCBr)c1[N+](=O)[O-]. The number of para-hydroxylation sites is 1. The van der Waals surface area contributed by atoms with Crippen LogP contribution in [0.2, 0.25) is 0 Å². The standard InChI is InChI=1S/C11H13BrN2O3/c1-8-4-2-5-9(10(8)14(16)17)11(15)13-7-3-6-12/h2,4-5H,3,6-7H2,1H3,(H,13,15). The number of rotatable bonds is 5. The molecule has 1 aromatic carbocycles. The molecule has 1 N–H and O–H groups in total. The summed E-state index contributed by atoms with van der Waals surface area (Å²) in [6.07, 6.45) is 0.783. The van der Waals surface area contributed by atoms with Gasteiger partial charge < -0.3 is 5.32 Å². The van der Waals surface area contributed by atoms with Gasteiger partial charge in [-0.15, -0.1) is 0 Å². The summed E-state index contributed by atoms with van der Waals surface area (Å²) in [4.78, 5) is 22.1. The van der Waals surface area contributed by atoms with Gasteiger partial charge >= 0.3 is 0 Å². The zero-order valence-electron chi connectivity index (χ0n) is 9.40. The minimum absolute atomic E-state index is 0.115. The molecule has 0 spiro atoms. The van der Waals surface area contributed by atoms with E-state index in [9.17, 15) is 14.9 Å². The van der Waals surface area contributed by atoms with Gasteiger partial charge in [-0.3, -0.25) is 14.9 Å². The number of alkyl halides is 1. The van der Waals surface area contributed by atoms with E-state index in [4.69, 9.17) is 0 Å². The average Bonchev–Trinajstić information content (AvgIpc) is 2.28. The summed E-state index contributed by atoms with van der Waals surface area (Å²) in [6, 6.07) is 4.73. The summed E-state index contributed by atoms with van der Waals surface area (Å²) in [5.74, 6) is -0.402. The monoisotopic (exact) mass is 300 g/mol. The lowest BCUT2D eigenvalue weighted by Crippen LogP contribution is -2.25. The number of halogens is 1. The maximum atomic E-state index is 11.8. The van der Waals surface area contributed by atoms with Crippen molar-refractivity contribution in [3.8, 4) is 0 Å². The second-order valence-corrected chi connectivity index (χ2v) is 4.32. The van der Waals surface area contributed by atoms with E-state index in [-0.39, 0.29) is 11.3 Å². The molecule has 1 amide bonds. The van der Waals surface area contributed by atoms with E-state index in [1.165, 1.54) is 6.07 Å². The van der Waals surface area contributed by atoms with Crippen molar-refractivity contribution in [2.75, 3.05) is 11.9 Å². The number of hydrogen-bond acceptors (Lipinski definition) is 3. The predicted octanol–water partition coefficient (Wildman–Crippen LogP) is 2.42. The number of aryl methyl sites for hydroxylation is 1. The molecule has 6 heteroatoms. The van der Waals surface area contributed by atoms with Gasteiger partial charge in [0.1, 0.15) is 5.56 Å². The first-order chi connectivity index (χ1) is 8.07. The fraction of sp³-hybridized carbons (Fsp3) is 0.364. The molecule has 0 aliphatic carbocycles. The highest BCUT2D eigenvalue weighted by molar-refractivity contribution is 9.09. The highest BCUT2D eigenvalue weighted by atomic mass is 79.9. The fourth-order valence-electron chi connectivity index (χ4n) is 1.45. The van der Waals surface area contributed by atoms with Crippen LogP contribution in [-0.4, -0.2) is 22.7 Å². The first-order valence-corrected chi connectivity index (χ1v) is 6.28.